The van der Waals surface area contributed by atoms with Crippen molar-refractivity contribution in [2.75, 3.05) is 44.3 Å². The molecule has 0 bridgehead atoms. The van der Waals surface area contributed by atoms with Crippen molar-refractivity contribution in [3.8, 4) is 0 Å². The largest absolute Gasteiger partial charge is 0.379 e. The molecule has 160 valence electrons. The quantitative estimate of drug-likeness (QED) is 0.557. The number of morpholine rings is 1. The van der Waals surface area contributed by atoms with Gasteiger partial charge in [0, 0.05) is 31.7 Å². The summed E-state index contributed by atoms with van der Waals surface area (Å²) in [5.41, 5.74) is 4.04. The van der Waals surface area contributed by atoms with Crippen LogP contribution >= 0.6 is 23.7 Å². The first-order valence-electron chi connectivity index (χ1n) is 10.2. The standard InChI is InChI=1S/C23H27N3O2S.ClH/c1-3-18-7-8-20-21(16-18)29-23(24-20)26(10-9-25-11-13-28-14-12-25)22(27)19-6-4-5-17(2)15-19;/h4-8,15-16H,3,9-14H2,1-2H3;1H. The van der Waals surface area contributed by atoms with Gasteiger partial charge in [-0.25, -0.2) is 4.98 Å². The normalized spacial score (nSPS) is 14.5. The SMILES string of the molecule is CCc1ccc2nc(N(CCN3CCOCC3)C(=O)c3cccc(C)c3)sc2c1.Cl. The number of rotatable bonds is 6. The molecule has 0 aliphatic carbocycles. The van der Waals surface area contributed by atoms with E-state index in [4.69, 9.17) is 9.72 Å². The lowest BCUT2D eigenvalue weighted by atomic mass is 10.1. The number of aromatic nitrogens is 1. The van der Waals surface area contributed by atoms with Crippen molar-refractivity contribution in [1.29, 1.82) is 0 Å². The van der Waals surface area contributed by atoms with E-state index < -0.39 is 0 Å². The zero-order valence-corrected chi connectivity index (χ0v) is 19.1. The number of hydrogen-bond donors (Lipinski definition) is 0. The monoisotopic (exact) mass is 445 g/mol. The van der Waals surface area contributed by atoms with Gasteiger partial charge in [-0.3, -0.25) is 14.6 Å². The van der Waals surface area contributed by atoms with Crippen molar-refractivity contribution in [3.63, 3.8) is 0 Å². The van der Waals surface area contributed by atoms with Crippen LogP contribution in [-0.2, 0) is 11.2 Å². The zero-order valence-electron chi connectivity index (χ0n) is 17.5. The number of ether oxygens (including phenoxy) is 1. The third-order valence-electron chi connectivity index (χ3n) is 5.33. The molecule has 7 heteroatoms. The Bertz CT molecular complexity index is 1000. The number of aryl methyl sites for hydroxylation is 2. The minimum absolute atomic E-state index is 0. The molecule has 1 aliphatic rings. The van der Waals surface area contributed by atoms with E-state index in [1.807, 2.05) is 36.1 Å². The van der Waals surface area contributed by atoms with Crippen molar-refractivity contribution < 1.29 is 9.53 Å². The summed E-state index contributed by atoms with van der Waals surface area (Å²) in [5.74, 6) is 0.0109. The summed E-state index contributed by atoms with van der Waals surface area (Å²) in [6, 6.07) is 14.2. The van der Waals surface area contributed by atoms with Gasteiger partial charge in [0.1, 0.15) is 0 Å². The maximum atomic E-state index is 13.4. The second-order valence-electron chi connectivity index (χ2n) is 7.43. The van der Waals surface area contributed by atoms with E-state index in [0.717, 1.165) is 60.2 Å². The van der Waals surface area contributed by atoms with E-state index in [9.17, 15) is 4.79 Å². The molecular formula is C23H28ClN3O2S. The van der Waals surface area contributed by atoms with Crippen molar-refractivity contribution in [2.45, 2.75) is 20.3 Å². The Balaban J connectivity index is 0.00000256. The second-order valence-corrected chi connectivity index (χ2v) is 8.44. The van der Waals surface area contributed by atoms with Crippen LogP contribution in [0.4, 0.5) is 5.13 Å². The summed E-state index contributed by atoms with van der Waals surface area (Å²) in [7, 11) is 0. The first-order valence-corrected chi connectivity index (χ1v) is 11.0. The van der Waals surface area contributed by atoms with Crippen molar-refractivity contribution in [3.05, 3.63) is 59.2 Å². The summed E-state index contributed by atoms with van der Waals surface area (Å²) in [6.07, 6.45) is 0.992. The number of fused-ring (bicyclic) bond motifs is 1. The van der Waals surface area contributed by atoms with Crippen molar-refractivity contribution in [2.24, 2.45) is 0 Å². The molecule has 2 aromatic carbocycles. The summed E-state index contributed by atoms with van der Waals surface area (Å²) in [5, 5.41) is 0.771. The first-order chi connectivity index (χ1) is 14.1. The van der Waals surface area contributed by atoms with Crippen LogP contribution in [0.2, 0.25) is 0 Å². The predicted octanol–water partition coefficient (Wildman–Crippen LogP) is 4.57. The first kappa shape index (κ1) is 22.7. The molecule has 0 unspecified atom stereocenters. The maximum absolute atomic E-state index is 13.4. The average molecular weight is 446 g/mol. The zero-order chi connectivity index (χ0) is 20.2. The highest BCUT2D eigenvalue weighted by molar-refractivity contribution is 7.22. The molecule has 0 radical (unpaired) electrons. The molecule has 1 aliphatic heterocycles. The highest BCUT2D eigenvalue weighted by Gasteiger charge is 2.23. The van der Waals surface area contributed by atoms with Crippen LogP contribution in [0.25, 0.3) is 10.2 Å². The lowest BCUT2D eigenvalue weighted by Gasteiger charge is -2.29. The lowest BCUT2D eigenvalue weighted by Crippen LogP contribution is -2.43. The third kappa shape index (κ3) is 5.19. The molecule has 1 saturated heterocycles. The molecule has 1 fully saturated rings. The third-order valence-corrected chi connectivity index (χ3v) is 6.38. The molecule has 0 N–H and O–H groups in total. The van der Waals surface area contributed by atoms with Crippen LogP contribution in [0, 0.1) is 6.92 Å². The Morgan fingerprint density at radius 2 is 2.00 bits per heavy atom. The average Bonchev–Trinajstić information content (AvgIpc) is 3.17. The number of nitrogens with zero attached hydrogens (tertiary/aromatic N) is 3. The van der Waals surface area contributed by atoms with Gasteiger partial charge in [-0.1, -0.05) is 42.0 Å². The van der Waals surface area contributed by atoms with Gasteiger partial charge in [-0.2, -0.15) is 0 Å². The molecule has 1 aromatic heterocycles. The number of benzene rings is 2. The molecule has 2 heterocycles. The summed E-state index contributed by atoms with van der Waals surface area (Å²) in [6.45, 7) is 8.93. The van der Waals surface area contributed by atoms with Gasteiger partial charge < -0.3 is 4.74 Å². The van der Waals surface area contributed by atoms with Crippen molar-refractivity contribution in [1.82, 2.24) is 9.88 Å². The maximum Gasteiger partial charge on any atom is 0.260 e. The van der Waals surface area contributed by atoms with Gasteiger partial charge in [0.2, 0.25) is 0 Å². The summed E-state index contributed by atoms with van der Waals surface area (Å²) in [4.78, 5) is 22.4. The lowest BCUT2D eigenvalue weighted by molar-refractivity contribution is 0.0391. The smallest absolute Gasteiger partial charge is 0.260 e. The molecule has 0 saturated carbocycles. The van der Waals surface area contributed by atoms with Gasteiger partial charge in [-0.15, -0.1) is 12.4 Å². The number of thiazole rings is 1. The van der Waals surface area contributed by atoms with Crippen LogP contribution in [0.5, 0.6) is 0 Å². The molecule has 5 nitrogen and oxygen atoms in total. The predicted molar refractivity (Wildman–Crippen MR) is 126 cm³/mol. The van der Waals surface area contributed by atoms with Gasteiger partial charge in [-0.05, 0) is 43.2 Å². The van der Waals surface area contributed by atoms with E-state index in [-0.39, 0.29) is 18.3 Å². The molecule has 3 aromatic rings. The molecule has 1 amide bonds. The molecular weight excluding hydrogens is 418 g/mol. The van der Waals surface area contributed by atoms with Gasteiger partial charge in [0.25, 0.3) is 5.91 Å². The Hall–Kier alpha value is -1.99. The Labute approximate surface area is 188 Å². The highest BCUT2D eigenvalue weighted by atomic mass is 35.5. The van der Waals surface area contributed by atoms with Crippen LogP contribution in [-0.4, -0.2) is 55.2 Å². The summed E-state index contributed by atoms with van der Waals surface area (Å²) >= 11 is 1.60. The molecule has 0 atom stereocenters. The topological polar surface area (TPSA) is 45.7 Å². The number of carbonyl (C=O) groups excluding carboxylic acids is 1. The highest BCUT2D eigenvalue weighted by Crippen LogP contribution is 2.30. The van der Waals surface area contributed by atoms with E-state index in [2.05, 4.69) is 30.0 Å². The van der Waals surface area contributed by atoms with Crippen LogP contribution in [0.1, 0.15) is 28.4 Å². The van der Waals surface area contributed by atoms with Crippen molar-refractivity contribution >= 4 is 45.0 Å². The molecule has 30 heavy (non-hydrogen) atoms. The summed E-state index contributed by atoms with van der Waals surface area (Å²) < 4.78 is 6.58. The number of anilines is 1. The number of carbonyl (C=O) groups is 1. The number of amides is 1. The van der Waals surface area contributed by atoms with E-state index in [0.29, 0.717) is 12.1 Å². The second kappa shape index (κ2) is 10.4. The molecule has 0 spiro atoms. The number of hydrogen-bond acceptors (Lipinski definition) is 5. The fourth-order valence-electron chi connectivity index (χ4n) is 3.58. The number of halogens is 1. The Kier molecular flexibility index (Phi) is 7.83. The van der Waals surface area contributed by atoms with E-state index in [1.54, 1.807) is 11.3 Å². The molecule has 4 rings (SSSR count). The Morgan fingerprint density at radius 1 is 1.20 bits per heavy atom. The Morgan fingerprint density at radius 3 is 2.73 bits per heavy atom. The fourth-order valence-corrected chi connectivity index (χ4v) is 4.63. The minimum Gasteiger partial charge on any atom is -0.379 e. The van der Waals surface area contributed by atoms with Gasteiger partial charge >= 0.3 is 0 Å². The van der Waals surface area contributed by atoms with E-state index in [1.165, 1.54) is 5.56 Å². The van der Waals surface area contributed by atoms with Crippen LogP contribution in [0.15, 0.2) is 42.5 Å². The fraction of sp³-hybridized carbons (Fsp3) is 0.391. The van der Waals surface area contributed by atoms with Crippen LogP contribution < -0.4 is 4.90 Å². The van der Waals surface area contributed by atoms with Gasteiger partial charge in [0.05, 0.1) is 23.4 Å². The van der Waals surface area contributed by atoms with Gasteiger partial charge in [0.15, 0.2) is 5.13 Å². The van der Waals surface area contributed by atoms with Crippen LogP contribution in [0.3, 0.4) is 0 Å². The minimum atomic E-state index is 0. The van der Waals surface area contributed by atoms with E-state index >= 15 is 0 Å².